The number of aliphatic hydroxyl groups is 1. The molecule has 2 aliphatic rings. The van der Waals surface area contributed by atoms with E-state index in [9.17, 15) is 9.90 Å². The molecule has 0 unspecified atom stereocenters. The highest BCUT2D eigenvalue weighted by Gasteiger charge is 2.31. The molecule has 4 rings (SSSR count). The lowest BCUT2D eigenvalue weighted by Crippen LogP contribution is -2.48. The number of hydrogen-bond donors (Lipinski definition) is 2. The van der Waals surface area contributed by atoms with Gasteiger partial charge in [0, 0.05) is 44.9 Å². The van der Waals surface area contributed by atoms with Gasteiger partial charge in [0.25, 0.3) is 5.91 Å². The van der Waals surface area contributed by atoms with Gasteiger partial charge in [-0.25, -0.2) is 0 Å². The number of likely N-dealkylation sites (tertiary alicyclic amines) is 1. The molecule has 2 aromatic rings. The SMILES string of the molecule is CN1CCCN(C[C@H]2C[C@H](CO)CN(C(=O)c3ccc4n[nH]nc4c3)C2)CC1. The molecule has 2 atom stereocenters. The van der Waals surface area contributed by atoms with Crippen molar-refractivity contribution in [2.75, 3.05) is 59.5 Å². The normalized spacial score (nSPS) is 25.1. The van der Waals surface area contributed by atoms with E-state index in [1.807, 2.05) is 17.0 Å². The average molecular weight is 387 g/mol. The zero-order valence-corrected chi connectivity index (χ0v) is 16.5. The molecule has 0 spiro atoms. The zero-order chi connectivity index (χ0) is 19.5. The van der Waals surface area contributed by atoms with Crippen LogP contribution in [0.3, 0.4) is 0 Å². The summed E-state index contributed by atoms with van der Waals surface area (Å²) in [6.07, 6.45) is 2.17. The second-order valence-corrected chi connectivity index (χ2v) is 8.35. The molecular formula is C20H30N6O2. The summed E-state index contributed by atoms with van der Waals surface area (Å²) < 4.78 is 0. The molecule has 0 saturated carbocycles. The molecule has 1 aromatic carbocycles. The van der Waals surface area contributed by atoms with Crippen molar-refractivity contribution in [1.29, 1.82) is 0 Å². The van der Waals surface area contributed by atoms with Crippen LogP contribution in [0.2, 0.25) is 0 Å². The predicted molar refractivity (Wildman–Crippen MR) is 107 cm³/mol. The van der Waals surface area contributed by atoms with Gasteiger partial charge in [-0.2, -0.15) is 15.4 Å². The Morgan fingerprint density at radius 3 is 2.82 bits per heavy atom. The number of amides is 1. The minimum Gasteiger partial charge on any atom is -0.396 e. The molecule has 2 fully saturated rings. The van der Waals surface area contributed by atoms with Gasteiger partial charge < -0.3 is 19.8 Å². The summed E-state index contributed by atoms with van der Waals surface area (Å²) in [4.78, 5) is 20.0. The van der Waals surface area contributed by atoms with Crippen molar-refractivity contribution in [2.24, 2.45) is 11.8 Å². The Morgan fingerprint density at radius 2 is 1.96 bits per heavy atom. The maximum atomic E-state index is 13.1. The van der Waals surface area contributed by atoms with Gasteiger partial charge >= 0.3 is 0 Å². The lowest BCUT2D eigenvalue weighted by Gasteiger charge is -2.39. The van der Waals surface area contributed by atoms with Crippen LogP contribution >= 0.6 is 0 Å². The fourth-order valence-corrected chi connectivity index (χ4v) is 4.55. The molecule has 3 heterocycles. The Labute approximate surface area is 165 Å². The number of hydrogen-bond acceptors (Lipinski definition) is 6. The molecule has 0 bridgehead atoms. The molecule has 2 saturated heterocycles. The molecular weight excluding hydrogens is 356 g/mol. The zero-order valence-electron chi connectivity index (χ0n) is 16.5. The van der Waals surface area contributed by atoms with Gasteiger partial charge in [-0.3, -0.25) is 4.79 Å². The monoisotopic (exact) mass is 386 g/mol. The van der Waals surface area contributed by atoms with Gasteiger partial charge in [-0.05, 0) is 63.0 Å². The van der Waals surface area contributed by atoms with Crippen LogP contribution in [0, 0.1) is 11.8 Å². The first-order valence-corrected chi connectivity index (χ1v) is 10.2. The summed E-state index contributed by atoms with van der Waals surface area (Å²) in [5.74, 6) is 0.561. The van der Waals surface area contributed by atoms with E-state index < -0.39 is 0 Å². The van der Waals surface area contributed by atoms with Crippen LogP contribution < -0.4 is 0 Å². The molecule has 28 heavy (non-hydrogen) atoms. The number of nitrogens with zero attached hydrogens (tertiary/aromatic N) is 5. The van der Waals surface area contributed by atoms with Crippen LogP contribution in [0.5, 0.6) is 0 Å². The van der Waals surface area contributed by atoms with E-state index in [-0.39, 0.29) is 18.4 Å². The molecule has 8 heteroatoms. The van der Waals surface area contributed by atoms with Gasteiger partial charge in [0.2, 0.25) is 0 Å². The standard InChI is InChI=1S/C20H30N6O2/c1-24-5-2-6-25(8-7-24)11-15-9-16(14-27)13-26(12-15)20(28)17-3-4-18-19(10-17)22-23-21-18/h3-4,10,15-16,27H,2,5-9,11-14H2,1H3,(H,21,22,23)/t15-,16+/m1/s1. The number of fused-ring (bicyclic) bond motifs is 1. The molecule has 8 nitrogen and oxygen atoms in total. The summed E-state index contributed by atoms with van der Waals surface area (Å²) >= 11 is 0. The lowest BCUT2D eigenvalue weighted by molar-refractivity contribution is 0.0454. The predicted octanol–water partition coefficient (Wildman–Crippen LogP) is 0.666. The first kappa shape index (κ1) is 19.3. The largest absolute Gasteiger partial charge is 0.396 e. The Kier molecular flexibility index (Phi) is 5.89. The summed E-state index contributed by atoms with van der Waals surface area (Å²) in [5, 5.41) is 20.5. The number of rotatable bonds is 4. The minimum absolute atomic E-state index is 0.0173. The van der Waals surface area contributed by atoms with Crippen LogP contribution in [-0.4, -0.2) is 101 Å². The topological polar surface area (TPSA) is 88.6 Å². The molecule has 2 aliphatic heterocycles. The lowest BCUT2D eigenvalue weighted by atomic mass is 9.88. The fraction of sp³-hybridized carbons (Fsp3) is 0.650. The van der Waals surface area contributed by atoms with Crippen LogP contribution in [0.25, 0.3) is 11.0 Å². The molecule has 0 radical (unpaired) electrons. The maximum Gasteiger partial charge on any atom is 0.253 e. The summed E-state index contributed by atoms with van der Waals surface area (Å²) in [5.41, 5.74) is 2.09. The van der Waals surface area contributed by atoms with Crippen molar-refractivity contribution in [1.82, 2.24) is 30.1 Å². The Hall–Kier alpha value is -2.03. The van der Waals surface area contributed by atoms with E-state index in [2.05, 4.69) is 32.3 Å². The summed E-state index contributed by atoms with van der Waals surface area (Å²) in [6, 6.07) is 5.43. The van der Waals surface area contributed by atoms with E-state index in [1.54, 1.807) is 6.07 Å². The number of piperidine rings is 1. The summed E-state index contributed by atoms with van der Waals surface area (Å²) in [6.45, 7) is 6.92. The number of nitrogens with one attached hydrogen (secondary N) is 1. The summed E-state index contributed by atoms with van der Waals surface area (Å²) in [7, 11) is 2.18. The quantitative estimate of drug-likeness (QED) is 0.803. The minimum atomic E-state index is 0.0173. The first-order chi connectivity index (χ1) is 13.6. The van der Waals surface area contributed by atoms with Gasteiger partial charge in [0.05, 0.1) is 0 Å². The van der Waals surface area contributed by atoms with E-state index >= 15 is 0 Å². The first-order valence-electron chi connectivity index (χ1n) is 10.2. The molecule has 0 aliphatic carbocycles. The van der Waals surface area contributed by atoms with E-state index in [0.717, 1.165) is 51.2 Å². The van der Waals surface area contributed by atoms with E-state index in [0.29, 0.717) is 23.5 Å². The van der Waals surface area contributed by atoms with E-state index in [4.69, 9.17) is 0 Å². The number of likely N-dealkylation sites (N-methyl/N-ethyl adjacent to an activating group) is 1. The van der Waals surface area contributed by atoms with Gasteiger partial charge in [0.15, 0.2) is 0 Å². The van der Waals surface area contributed by atoms with Crippen molar-refractivity contribution in [3.63, 3.8) is 0 Å². The van der Waals surface area contributed by atoms with Gasteiger partial charge in [-0.1, -0.05) is 0 Å². The Morgan fingerprint density at radius 1 is 1.14 bits per heavy atom. The highest BCUT2D eigenvalue weighted by atomic mass is 16.3. The Balaban J connectivity index is 1.44. The maximum absolute atomic E-state index is 13.1. The number of aromatic nitrogens is 3. The highest BCUT2D eigenvalue weighted by Crippen LogP contribution is 2.25. The van der Waals surface area contributed by atoms with Crippen molar-refractivity contribution in [2.45, 2.75) is 12.8 Å². The van der Waals surface area contributed by atoms with Crippen LogP contribution in [0.1, 0.15) is 23.2 Å². The van der Waals surface area contributed by atoms with Crippen LogP contribution in [0.15, 0.2) is 18.2 Å². The van der Waals surface area contributed by atoms with Gasteiger partial charge in [-0.15, -0.1) is 0 Å². The fourth-order valence-electron chi connectivity index (χ4n) is 4.55. The number of H-pyrrole nitrogens is 1. The highest BCUT2D eigenvalue weighted by molar-refractivity contribution is 5.97. The average Bonchev–Trinajstić information content (AvgIpc) is 3.09. The van der Waals surface area contributed by atoms with Gasteiger partial charge in [0.1, 0.15) is 11.0 Å². The smallest absolute Gasteiger partial charge is 0.253 e. The van der Waals surface area contributed by atoms with Crippen molar-refractivity contribution >= 4 is 16.9 Å². The van der Waals surface area contributed by atoms with Crippen molar-refractivity contribution in [3.8, 4) is 0 Å². The molecule has 1 amide bonds. The second kappa shape index (κ2) is 8.55. The number of carbonyl (C=O) groups is 1. The number of benzene rings is 1. The number of aliphatic hydroxyl groups excluding tert-OH is 1. The van der Waals surface area contributed by atoms with E-state index in [1.165, 1.54) is 6.42 Å². The van der Waals surface area contributed by atoms with Crippen molar-refractivity contribution < 1.29 is 9.90 Å². The molecule has 2 N–H and O–H groups in total. The van der Waals surface area contributed by atoms with Crippen LogP contribution in [-0.2, 0) is 0 Å². The van der Waals surface area contributed by atoms with Crippen molar-refractivity contribution in [3.05, 3.63) is 23.8 Å². The number of aromatic amines is 1. The molecule has 152 valence electrons. The molecule has 1 aromatic heterocycles. The third-order valence-corrected chi connectivity index (χ3v) is 6.06. The Bertz CT molecular complexity index is 809. The number of carbonyl (C=O) groups excluding carboxylic acids is 1. The second-order valence-electron chi connectivity index (χ2n) is 8.35. The third kappa shape index (κ3) is 4.34. The third-order valence-electron chi connectivity index (χ3n) is 6.06. The van der Waals surface area contributed by atoms with Crippen LogP contribution in [0.4, 0.5) is 0 Å².